The first kappa shape index (κ1) is 49.2. The number of hydrogen-bond donors (Lipinski definition) is 4. The molecule has 7 atom stereocenters. The molecule has 2 bridgehead atoms. The van der Waals surface area contributed by atoms with Crippen molar-refractivity contribution in [3.05, 3.63) is 101 Å². The van der Waals surface area contributed by atoms with Gasteiger partial charge in [0.25, 0.3) is 5.88 Å². The molecule has 5 aliphatic rings. The Labute approximate surface area is 439 Å². The number of piperidine rings is 1. The number of phenols is 1. The smallest absolute Gasteiger partial charge is 0.319 e. The number of aromatic nitrogens is 5. The molecule has 4 saturated heterocycles. The topological polar surface area (TPSA) is 204 Å². The van der Waals surface area contributed by atoms with Crippen LogP contribution in [0.5, 0.6) is 17.6 Å². The Morgan fingerprint density at radius 1 is 0.973 bits per heavy atom. The third-order valence-corrected chi connectivity index (χ3v) is 17.2. The number of anilines is 1. The van der Waals surface area contributed by atoms with Gasteiger partial charge in [0.05, 0.1) is 44.8 Å². The molecule has 2 amide bonds. The zero-order valence-corrected chi connectivity index (χ0v) is 43.8. The lowest BCUT2D eigenvalue weighted by Crippen LogP contribution is -2.51. The molecule has 4 N–H and O–H groups in total. The average molecular weight is 1030 g/mol. The fourth-order valence-electron chi connectivity index (χ4n) is 12.4. The highest BCUT2D eigenvalue weighted by molar-refractivity contribution is 7.13. The number of aromatic hydroxyl groups is 1. The fraction of sp³-hybridized carbons (Fsp3) is 0.456. The van der Waals surface area contributed by atoms with Gasteiger partial charge in [0.1, 0.15) is 36.2 Å². The van der Waals surface area contributed by atoms with Crippen molar-refractivity contribution in [1.29, 1.82) is 0 Å². The summed E-state index contributed by atoms with van der Waals surface area (Å²) in [6.45, 7) is 14.4. The van der Waals surface area contributed by atoms with Crippen molar-refractivity contribution in [3.63, 3.8) is 0 Å². The maximum Gasteiger partial charge on any atom is 0.319 e. The van der Waals surface area contributed by atoms with Crippen molar-refractivity contribution in [1.82, 2.24) is 45.5 Å². The standard InChI is InChI=1S/C57H64N10O7S/c1-30(2)48(56(71)67-28-40(69)23-45(67)55(70)60-32(4)34-9-11-35(12-10-34)53-33(5)59-29-75-53)46-24-47(64-74-46)73-41-15-17-65(18-16-41)19-20-72-57-62-52-44(54(63-57)66-26-37-13-14-38(27-66)61-37)25-58-51-43-22-39(68)21-36-7-6-8-42(50(36)43)31(3)49(51)52/h6-12,21-22,24-25,29-32,37-38,40-41,45,48,61,68-69H,13-20,23,26-28H2,1-5H3,(H,60,70)/t31?,32-,37?,38?,40+,45-,48+/m0/s1. The summed E-state index contributed by atoms with van der Waals surface area (Å²) in [5.74, 6) is 0.192. The predicted molar refractivity (Wildman–Crippen MR) is 286 cm³/mol. The van der Waals surface area contributed by atoms with Gasteiger partial charge in [-0.05, 0) is 90.2 Å². The number of benzene rings is 3. The summed E-state index contributed by atoms with van der Waals surface area (Å²) in [4.78, 5) is 55.3. The highest BCUT2D eigenvalue weighted by Crippen LogP contribution is 2.49. The van der Waals surface area contributed by atoms with E-state index in [-0.39, 0.29) is 54.5 Å². The summed E-state index contributed by atoms with van der Waals surface area (Å²) in [6.07, 6.45) is 4.92. The largest absolute Gasteiger partial charge is 0.508 e. The number of aliphatic hydroxyl groups excluding tert-OH is 1. The van der Waals surface area contributed by atoms with Crippen LogP contribution >= 0.6 is 11.3 Å². The van der Waals surface area contributed by atoms with Crippen LogP contribution in [-0.2, 0) is 9.59 Å². The minimum Gasteiger partial charge on any atom is -0.508 e. The first-order chi connectivity index (χ1) is 36.3. The molecule has 8 heterocycles. The molecule has 17 nitrogen and oxygen atoms in total. The van der Waals surface area contributed by atoms with E-state index in [1.807, 2.05) is 81.9 Å². The molecule has 7 aromatic rings. The van der Waals surface area contributed by atoms with Crippen molar-refractivity contribution in [3.8, 4) is 39.3 Å². The molecule has 18 heteroatoms. The Hall–Kier alpha value is -6.73. The van der Waals surface area contributed by atoms with E-state index >= 15 is 0 Å². The van der Waals surface area contributed by atoms with E-state index in [0.29, 0.717) is 42.9 Å². The third kappa shape index (κ3) is 9.44. The number of nitrogens with zero attached hydrogens (tertiary/aromatic N) is 8. The van der Waals surface area contributed by atoms with Crippen LogP contribution in [0.15, 0.2) is 76.9 Å². The molecule has 12 rings (SSSR count). The van der Waals surface area contributed by atoms with E-state index in [4.69, 9.17) is 28.9 Å². The number of likely N-dealkylation sites (tertiary alicyclic amines) is 2. The zero-order chi connectivity index (χ0) is 51.6. The van der Waals surface area contributed by atoms with Gasteiger partial charge in [0.2, 0.25) is 11.8 Å². The van der Waals surface area contributed by atoms with Crippen LogP contribution in [0.1, 0.15) is 106 Å². The van der Waals surface area contributed by atoms with E-state index < -0.39 is 18.1 Å². The van der Waals surface area contributed by atoms with Crippen LogP contribution in [0.25, 0.3) is 43.4 Å². The minimum absolute atomic E-state index is 0.000556. The number of aliphatic hydroxyl groups is 1. The summed E-state index contributed by atoms with van der Waals surface area (Å²) in [5.41, 5.74) is 9.58. The van der Waals surface area contributed by atoms with Crippen molar-refractivity contribution < 1.29 is 33.8 Å². The highest BCUT2D eigenvalue weighted by atomic mass is 32.1. The molecule has 4 fully saturated rings. The second-order valence-electron chi connectivity index (χ2n) is 21.6. The Bertz CT molecular complexity index is 3270. The van der Waals surface area contributed by atoms with Crippen molar-refractivity contribution >= 4 is 50.6 Å². The summed E-state index contributed by atoms with van der Waals surface area (Å²) in [5, 5.41) is 35.7. The molecule has 1 aliphatic carbocycles. The quantitative estimate of drug-likeness (QED) is 0.0818. The Kier molecular flexibility index (Phi) is 13.2. The van der Waals surface area contributed by atoms with E-state index in [2.05, 4.69) is 49.6 Å². The van der Waals surface area contributed by atoms with Crippen LogP contribution in [0.3, 0.4) is 0 Å². The van der Waals surface area contributed by atoms with E-state index in [9.17, 15) is 19.8 Å². The van der Waals surface area contributed by atoms with Gasteiger partial charge in [-0.25, -0.2) is 4.98 Å². The Morgan fingerprint density at radius 3 is 2.51 bits per heavy atom. The molecular formula is C57H64N10O7S. The maximum absolute atomic E-state index is 14.4. The second-order valence-corrected chi connectivity index (χ2v) is 22.5. The van der Waals surface area contributed by atoms with Gasteiger partial charge in [-0.15, -0.1) is 11.3 Å². The second kappa shape index (κ2) is 20.1. The van der Waals surface area contributed by atoms with Gasteiger partial charge in [-0.2, -0.15) is 9.97 Å². The van der Waals surface area contributed by atoms with Crippen LogP contribution < -0.4 is 25.0 Å². The molecule has 3 aromatic carbocycles. The van der Waals surface area contributed by atoms with Gasteiger partial charge in [0, 0.05) is 87.1 Å². The lowest BCUT2D eigenvalue weighted by molar-refractivity contribution is -0.141. The highest BCUT2D eigenvalue weighted by Gasteiger charge is 2.44. The molecule has 0 saturated carbocycles. The Morgan fingerprint density at radius 2 is 1.76 bits per heavy atom. The maximum atomic E-state index is 14.4. The molecular weight excluding hydrogens is 969 g/mol. The van der Waals surface area contributed by atoms with Crippen LogP contribution in [0.2, 0.25) is 0 Å². The molecule has 75 heavy (non-hydrogen) atoms. The summed E-state index contributed by atoms with van der Waals surface area (Å²) >= 11 is 1.59. The number of ether oxygens (including phenoxy) is 2. The number of aryl methyl sites for hydroxylation is 1. The zero-order valence-electron chi connectivity index (χ0n) is 43.0. The predicted octanol–water partition coefficient (Wildman–Crippen LogP) is 7.88. The number of pyridine rings is 1. The molecule has 390 valence electrons. The van der Waals surface area contributed by atoms with E-state index in [1.54, 1.807) is 17.4 Å². The number of phenolic OH excluding ortho intramolecular Hbond substituents is 1. The number of carbonyl (C=O) groups excluding carboxylic acids is 2. The van der Waals surface area contributed by atoms with E-state index in [0.717, 1.165) is 118 Å². The first-order valence-electron chi connectivity index (χ1n) is 26.6. The fourth-order valence-corrected chi connectivity index (χ4v) is 13.2. The SMILES string of the molecule is Cc1ncsc1-c1ccc([C@H](C)NC(=O)[C@@H]2C[C@@H](O)CN2C(=O)[C@@H](c2cc(OC3CCN(CCOc4nc(N5CC6CCC(C5)N6)c5cnc6c(c5n4)C(C)c4cccc5cc(O)cc-6c45)CC3)no2)C(C)C)cc1. The molecule has 3 unspecified atom stereocenters. The van der Waals surface area contributed by atoms with Crippen LogP contribution in [0, 0.1) is 12.8 Å². The van der Waals surface area contributed by atoms with Crippen molar-refractivity contribution in [2.75, 3.05) is 50.8 Å². The summed E-state index contributed by atoms with van der Waals surface area (Å²) in [7, 11) is 0. The van der Waals surface area contributed by atoms with Crippen LogP contribution in [0.4, 0.5) is 5.82 Å². The minimum atomic E-state index is -0.840. The monoisotopic (exact) mass is 1030 g/mol. The number of rotatable bonds is 14. The van der Waals surface area contributed by atoms with Gasteiger partial charge < -0.3 is 44.6 Å². The number of fused-ring (bicyclic) bond motifs is 6. The average Bonchev–Trinajstić information content (AvgIpc) is 4.23. The van der Waals surface area contributed by atoms with Gasteiger partial charge in [-0.3, -0.25) is 19.5 Å². The van der Waals surface area contributed by atoms with Gasteiger partial charge in [0.15, 0.2) is 5.76 Å². The van der Waals surface area contributed by atoms with Gasteiger partial charge >= 0.3 is 6.01 Å². The van der Waals surface area contributed by atoms with Gasteiger partial charge in [-0.1, -0.05) is 63.2 Å². The lowest BCUT2D eigenvalue weighted by Gasteiger charge is -2.35. The lowest BCUT2D eigenvalue weighted by atomic mass is 9.79. The molecule has 4 aliphatic heterocycles. The molecule has 0 spiro atoms. The number of hydrogen-bond acceptors (Lipinski definition) is 16. The number of β-amino-alcohol motifs (C(OH)–C–C–N with tert-alkyl or cyclic N) is 1. The van der Waals surface area contributed by atoms with Crippen molar-refractivity contribution in [2.45, 2.75) is 115 Å². The summed E-state index contributed by atoms with van der Waals surface area (Å²) in [6, 6.07) is 19.6. The number of amides is 2. The number of carbonyl (C=O) groups is 2. The normalized spacial score (nSPS) is 22.5. The molecule has 0 radical (unpaired) electrons. The number of thiazole rings is 1. The third-order valence-electron chi connectivity index (χ3n) is 16.3. The molecule has 4 aromatic heterocycles. The Balaban J connectivity index is 0.682. The summed E-state index contributed by atoms with van der Waals surface area (Å²) < 4.78 is 18.7. The first-order valence-corrected chi connectivity index (χ1v) is 27.5. The number of piperazine rings is 1. The van der Waals surface area contributed by atoms with Crippen molar-refractivity contribution in [2.24, 2.45) is 5.92 Å². The van der Waals surface area contributed by atoms with Crippen LogP contribution in [-0.4, -0.2) is 133 Å². The van der Waals surface area contributed by atoms with E-state index in [1.165, 1.54) is 10.5 Å². The number of nitrogens with one attached hydrogen (secondary N) is 2.